The van der Waals surface area contributed by atoms with Crippen molar-refractivity contribution in [3.63, 3.8) is 0 Å². The molecule has 0 fully saturated rings. The van der Waals surface area contributed by atoms with Gasteiger partial charge in [0.25, 0.3) is 0 Å². The Labute approximate surface area is 87.5 Å². The van der Waals surface area contributed by atoms with Gasteiger partial charge in [-0.2, -0.15) is 0 Å². The van der Waals surface area contributed by atoms with Gasteiger partial charge in [0, 0.05) is 35.6 Å². The highest BCUT2D eigenvalue weighted by Crippen LogP contribution is 2.31. The second-order valence-corrected chi connectivity index (χ2v) is 4.03. The molecule has 1 heterocycles. The van der Waals surface area contributed by atoms with E-state index >= 15 is 0 Å². The highest BCUT2D eigenvalue weighted by atomic mass is 32.2. The first-order chi connectivity index (χ1) is 6.86. The molecule has 3 heteroatoms. The normalized spacial score (nSPS) is 21.6. The Balaban J connectivity index is 2.15. The minimum absolute atomic E-state index is 0.334. The Morgan fingerprint density at radius 2 is 2.36 bits per heavy atom. The fraction of sp³-hybridized carbons (Fsp3) is 0.273. The molecule has 2 aliphatic rings. The fourth-order valence-electron chi connectivity index (χ4n) is 1.42. The summed E-state index contributed by atoms with van der Waals surface area (Å²) in [7, 11) is 0. The van der Waals surface area contributed by atoms with Gasteiger partial charge in [0.1, 0.15) is 5.78 Å². The number of allylic oxidation sites excluding steroid dienone is 3. The van der Waals surface area contributed by atoms with Crippen molar-refractivity contribution in [3.8, 4) is 0 Å². The maximum absolute atomic E-state index is 11.0. The van der Waals surface area contributed by atoms with Crippen molar-refractivity contribution in [3.05, 3.63) is 34.2 Å². The average Bonchev–Trinajstić information content (AvgIpc) is 2.47. The van der Waals surface area contributed by atoms with Gasteiger partial charge in [-0.1, -0.05) is 17.8 Å². The van der Waals surface area contributed by atoms with Crippen molar-refractivity contribution in [2.75, 3.05) is 0 Å². The van der Waals surface area contributed by atoms with E-state index in [0.29, 0.717) is 18.6 Å². The van der Waals surface area contributed by atoms with Gasteiger partial charge in [0.15, 0.2) is 0 Å². The van der Waals surface area contributed by atoms with Gasteiger partial charge < -0.3 is 0 Å². The van der Waals surface area contributed by atoms with Gasteiger partial charge in [-0.3, -0.25) is 9.79 Å². The van der Waals surface area contributed by atoms with E-state index in [9.17, 15) is 4.79 Å². The van der Waals surface area contributed by atoms with Crippen LogP contribution < -0.4 is 0 Å². The molecule has 14 heavy (non-hydrogen) atoms. The molecule has 1 radical (unpaired) electrons. The SMILES string of the molecule is O=C1CC=C(C2=CC=NC=[C]S2)CC1. The molecule has 0 aromatic heterocycles. The van der Waals surface area contributed by atoms with Gasteiger partial charge in [-0.25, -0.2) is 0 Å². The highest BCUT2D eigenvalue weighted by Gasteiger charge is 2.13. The maximum Gasteiger partial charge on any atom is 0.137 e. The second-order valence-electron chi connectivity index (χ2n) is 3.15. The zero-order valence-electron chi connectivity index (χ0n) is 7.69. The van der Waals surface area contributed by atoms with Crippen LogP contribution >= 0.6 is 11.8 Å². The van der Waals surface area contributed by atoms with Crippen LogP contribution in [-0.2, 0) is 4.79 Å². The number of nitrogens with zero attached hydrogens (tertiary/aromatic N) is 1. The van der Waals surface area contributed by atoms with Crippen LogP contribution in [0.4, 0.5) is 0 Å². The minimum atomic E-state index is 0.334. The fourth-order valence-corrected chi connectivity index (χ4v) is 2.11. The molecule has 0 saturated carbocycles. The lowest BCUT2D eigenvalue weighted by molar-refractivity contribution is -0.118. The number of thioether (sulfide) groups is 1. The molecule has 2 rings (SSSR count). The maximum atomic E-state index is 11.0. The summed E-state index contributed by atoms with van der Waals surface area (Å²) in [6.45, 7) is 0. The monoisotopic (exact) mass is 204 g/mol. The molecule has 0 unspecified atom stereocenters. The lowest BCUT2D eigenvalue weighted by Crippen LogP contribution is -2.04. The predicted octanol–water partition coefficient (Wildman–Crippen LogP) is 2.64. The van der Waals surface area contributed by atoms with E-state index in [2.05, 4.69) is 10.4 Å². The van der Waals surface area contributed by atoms with Crippen molar-refractivity contribution in [2.45, 2.75) is 19.3 Å². The molecule has 71 valence electrons. The Hall–Kier alpha value is -1.09. The van der Waals surface area contributed by atoms with Gasteiger partial charge in [-0.05, 0) is 18.1 Å². The van der Waals surface area contributed by atoms with Crippen LogP contribution in [0.3, 0.4) is 0 Å². The third kappa shape index (κ3) is 2.23. The molecule has 0 spiro atoms. The minimum Gasteiger partial charge on any atom is -0.299 e. The van der Waals surface area contributed by atoms with E-state index < -0.39 is 0 Å². The zero-order chi connectivity index (χ0) is 9.80. The van der Waals surface area contributed by atoms with Gasteiger partial charge >= 0.3 is 0 Å². The van der Waals surface area contributed by atoms with Crippen LogP contribution in [0, 0.1) is 5.41 Å². The smallest absolute Gasteiger partial charge is 0.137 e. The summed E-state index contributed by atoms with van der Waals surface area (Å²) in [5.41, 5.74) is 1.25. The largest absolute Gasteiger partial charge is 0.299 e. The lowest BCUT2D eigenvalue weighted by atomic mass is 9.98. The summed E-state index contributed by atoms with van der Waals surface area (Å²) in [6, 6.07) is 0. The van der Waals surface area contributed by atoms with Crippen LogP contribution in [0.1, 0.15) is 19.3 Å². The van der Waals surface area contributed by atoms with Gasteiger partial charge in [0.2, 0.25) is 0 Å². The van der Waals surface area contributed by atoms with E-state index in [1.54, 1.807) is 24.2 Å². The van der Waals surface area contributed by atoms with E-state index in [4.69, 9.17) is 0 Å². The number of Topliss-reactive ketones (excluding diaryl/α,β-unsaturated/α-hetero) is 1. The van der Waals surface area contributed by atoms with Crippen LogP contribution in [0.25, 0.3) is 0 Å². The van der Waals surface area contributed by atoms with Crippen LogP contribution in [0.5, 0.6) is 0 Å². The second kappa shape index (κ2) is 4.42. The topological polar surface area (TPSA) is 29.4 Å². The van der Waals surface area contributed by atoms with Crippen molar-refractivity contribution < 1.29 is 4.79 Å². The van der Waals surface area contributed by atoms with Crippen LogP contribution in [0.15, 0.2) is 33.8 Å². The summed E-state index contributed by atoms with van der Waals surface area (Å²) in [6.07, 6.45) is 9.52. The first-order valence-corrected chi connectivity index (χ1v) is 5.36. The number of aliphatic imine (C=N–C) groups is 1. The molecular weight excluding hydrogens is 194 g/mol. The van der Waals surface area contributed by atoms with Crippen molar-refractivity contribution in [1.29, 1.82) is 0 Å². The number of ketones is 1. The summed E-state index contributed by atoms with van der Waals surface area (Å²) in [5.74, 6) is 0.334. The zero-order valence-corrected chi connectivity index (χ0v) is 8.51. The Morgan fingerprint density at radius 1 is 1.43 bits per heavy atom. The molecule has 2 nitrogen and oxygen atoms in total. The Morgan fingerprint density at radius 3 is 3.14 bits per heavy atom. The summed E-state index contributed by atoms with van der Waals surface area (Å²) >= 11 is 1.54. The molecule has 0 aromatic carbocycles. The van der Waals surface area contributed by atoms with E-state index in [0.717, 1.165) is 11.3 Å². The van der Waals surface area contributed by atoms with E-state index in [-0.39, 0.29) is 0 Å². The third-order valence-electron chi connectivity index (χ3n) is 2.17. The number of hydrogen-bond donors (Lipinski definition) is 0. The lowest BCUT2D eigenvalue weighted by Gasteiger charge is -2.12. The predicted molar refractivity (Wildman–Crippen MR) is 58.9 cm³/mol. The van der Waals surface area contributed by atoms with E-state index in [1.807, 2.05) is 12.2 Å². The standard InChI is InChI=1S/C11H10NOS/c13-10-3-1-9(2-4-10)11-5-6-12-7-8-14-11/h1,5-7H,2-4H2. The van der Waals surface area contributed by atoms with Crippen molar-refractivity contribution in [1.82, 2.24) is 0 Å². The third-order valence-corrected chi connectivity index (χ3v) is 3.02. The molecule has 0 aromatic rings. The van der Waals surface area contributed by atoms with Gasteiger partial charge in [0.05, 0.1) is 0 Å². The quantitative estimate of drug-likeness (QED) is 0.657. The number of carbonyl (C=O) groups is 1. The first-order valence-electron chi connectivity index (χ1n) is 4.55. The number of carbonyl (C=O) groups excluding carboxylic acids is 1. The number of hydrogen-bond acceptors (Lipinski definition) is 3. The summed E-state index contributed by atoms with van der Waals surface area (Å²) in [5, 5.41) is 3.01. The summed E-state index contributed by atoms with van der Waals surface area (Å²) < 4.78 is 0. The molecule has 0 atom stereocenters. The van der Waals surface area contributed by atoms with E-state index in [1.165, 1.54) is 5.57 Å². The molecule has 0 N–H and O–H groups in total. The highest BCUT2D eigenvalue weighted by molar-refractivity contribution is 8.04. The molecule has 1 aliphatic heterocycles. The van der Waals surface area contributed by atoms with Gasteiger partial charge in [-0.15, -0.1) is 0 Å². The van der Waals surface area contributed by atoms with Crippen molar-refractivity contribution >= 4 is 23.8 Å². The summed E-state index contributed by atoms with van der Waals surface area (Å²) in [4.78, 5) is 16.2. The molecule has 0 bridgehead atoms. The average molecular weight is 204 g/mol. The van der Waals surface area contributed by atoms with Crippen LogP contribution in [0.2, 0.25) is 0 Å². The molecular formula is C11H10NOS. The molecule has 0 amide bonds. The molecule has 0 saturated heterocycles. The van der Waals surface area contributed by atoms with Crippen molar-refractivity contribution in [2.24, 2.45) is 4.99 Å². The molecule has 1 aliphatic carbocycles. The first kappa shape index (κ1) is 9.46. The van der Waals surface area contributed by atoms with Crippen LogP contribution in [-0.4, -0.2) is 12.0 Å². The Kier molecular flexibility index (Phi) is 2.99. The Bertz CT molecular complexity index is 363. The number of rotatable bonds is 1.